The Labute approximate surface area is 77.3 Å². The van der Waals surface area contributed by atoms with E-state index in [9.17, 15) is 4.21 Å². The van der Waals surface area contributed by atoms with Crippen molar-refractivity contribution in [1.29, 1.82) is 0 Å². The molecular weight excluding hydrogens is 174 g/mol. The van der Waals surface area contributed by atoms with Gasteiger partial charge in [0.25, 0.3) is 0 Å². The molecule has 0 amide bonds. The SMILES string of the molecule is COCC(C)NC(C)CS(C)=O. The zero-order valence-electron chi connectivity index (χ0n) is 8.29. The first-order valence-electron chi connectivity index (χ1n) is 4.11. The molecule has 0 aliphatic carbocycles. The van der Waals surface area contributed by atoms with Crippen LogP contribution in [0.2, 0.25) is 0 Å². The van der Waals surface area contributed by atoms with Crippen molar-refractivity contribution in [2.45, 2.75) is 25.9 Å². The first-order valence-corrected chi connectivity index (χ1v) is 5.84. The van der Waals surface area contributed by atoms with Gasteiger partial charge in [-0.1, -0.05) is 0 Å². The third-order valence-corrected chi connectivity index (χ3v) is 2.44. The zero-order chi connectivity index (χ0) is 9.56. The van der Waals surface area contributed by atoms with Gasteiger partial charge in [0.15, 0.2) is 0 Å². The average Bonchev–Trinajstić information content (AvgIpc) is 1.84. The van der Waals surface area contributed by atoms with E-state index in [2.05, 4.69) is 12.2 Å². The minimum atomic E-state index is -0.719. The van der Waals surface area contributed by atoms with Crippen LogP contribution in [0.1, 0.15) is 13.8 Å². The van der Waals surface area contributed by atoms with E-state index < -0.39 is 10.8 Å². The van der Waals surface area contributed by atoms with Crippen LogP contribution in [0.3, 0.4) is 0 Å². The highest BCUT2D eigenvalue weighted by Gasteiger charge is 2.07. The molecule has 0 fully saturated rings. The molecule has 74 valence electrons. The van der Waals surface area contributed by atoms with Crippen LogP contribution in [0.5, 0.6) is 0 Å². The molecule has 12 heavy (non-hydrogen) atoms. The second kappa shape index (κ2) is 6.57. The van der Waals surface area contributed by atoms with Gasteiger partial charge in [-0.05, 0) is 13.8 Å². The Balaban J connectivity index is 3.53. The lowest BCUT2D eigenvalue weighted by atomic mass is 10.3. The number of hydrogen-bond acceptors (Lipinski definition) is 3. The highest BCUT2D eigenvalue weighted by Crippen LogP contribution is 1.90. The maximum absolute atomic E-state index is 10.8. The van der Waals surface area contributed by atoms with Crippen molar-refractivity contribution < 1.29 is 8.95 Å². The third-order valence-electron chi connectivity index (χ3n) is 1.47. The Morgan fingerprint density at radius 1 is 1.42 bits per heavy atom. The second-order valence-corrected chi connectivity index (χ2v) is 4.64. The predicted molar refractivity (Wildman–Crippen MR) is 52.9 cm³/mol. The smallest absolute Gasteiger partial charge is 0.0613 e. The van der Waals surface area contributed by atoms with E-state index in [4.69, 9.17) is 4.74 Å². The van der Waals surface area contributed by atoms with E-state index in [0.29, 0.717) is 24.4 Å². The Hall–Kier alpha value is 0.0700. The van der Waals surface area contributed by atoms with Crippen molar-refractivity contribution in [3.63, 3.8) is 0 Å². The lowest BCUT2D eigenvalue weighted by molar-refractivity contribution is 0.169. The minimum Gasteiger partial charge on any atom is -0.383 e. The molecule has 3 unspecified atom stereocenters. The summed E-state index contributed by atoms with van der Waals surface area (Å²) < 4.78 is 15.8. The van der Waals surface area contributed by atoms with Gasteiger partial charge in [0.1, 0.15) is 0 Å². The molecule has 0 rings (SSSR count). The fourth-order valence-electron chi connectivity index (χ4n) is 1.18. The third kappa shape index (κ3) is 6.76. The number of nitrogens with one attached hydrogen (secondary N) is 1. The second-order valence-electron chi connectivity index (χ2n) is 3.16. The van der Waals surface area contributed by atoms with Crippen LogP contribution in [-0.4, -0.2) is 42.0 Å². The van der Waals surface area contributed by atoms with Crippen molar-refractivity contribution in [1.82, 2.24) is 5.32 Å². The Bertz CT molecular complexity index is 141. The zero-order valence-corrected chi connectivity index (χ0v) is 9.11. The molecule has 4 heteroatoms. The summed E-state index contributed by atoms with van der Waals surface area (Å²) in [4.78, 5) is 0. The van der Waals surface area contributed by atoms with Crippen LogP contribution in [0.25, 0.3) is 0 Å². The van der Waals surface area contributed by atoms with Crippen LogP contribution >= 0.6 is 0 Å². The summed E-state index contributed by atoms with van der Waals surface area (Å²) in [6, 6.07) is 0.620. The van der Waals surface area contributed by atoms with E-state index in [-0.39, 0.29) is 0 Å². The number of rotatable bonds is 6. The van der Waals surface area contributed by atoms with Gasteiger partial charge in [0.2, 0.25) is 0 Å². The monoisotopic (exact) mass is 193 g/mol. The largest absolute Gasteiger partial charge is 0.383 e. The summed E-state index contributed by atoms with van der Waals surface area (Å²) in [7, 11) is 0.962. The molecule has 0 radical (unpaired) electrons. The average molecular weight is 193 g/mol. The first-order chi connectivity index (χ1) is 5.56. The molecule has 1 N–H and O–H groups in total. The van der Waals surface area contributed by atoms with Crippen molar-refractivity contribution >= 4 is 10.8 Å². The first kappa shape index (κ1) is 12.1. The summed E-state index contributed by atoms with van der Waals surface area (Å²) >= 11 is 0. The Morgan fingerprint density at radius 2 is 2.00 bits per heavy atom. The van der Waals surface area contributed by atoms with Gasteiger partial charge < -0.3 is 10.1 Å². The molecule has 0 aromatic rings. The maximum Gasteiger partial charge on any atom is 0.0613 e. The lowest BCUT2D eigenvalue weighted by Crippen LogP contribution is -2.40. The molecule has 0 aromatic carbocycles. The standard InChI is InChI=1S/C8H19NO2S/c1-7(5-11-3)9-8(2)6-12(4)10/h7-9H,5-6H2,1-4H3. The molecule has 0 heterocycles. The Kier molecular flexibility index (Phi) is 6.61. The molecule has 0 saturated carbocycles. The van der Waals surface area contributed by atoms with Crippen molar-refractivity contribution in [2.75, 3.05) is 25.7 Å². The molecular formula is C8H19NO2S. The predicted octanol–water partition coefficient (Wildman–Crippen LogP) is 0.378. The van der Waals surface area contributed by atoms with E-state index in [1.165, 1.54) is 0 Å². The van der Waals surface area contributed by atoms with Gasteiger partial charge in [0.05, 0.1) is 6.61 Å². The molecule has 0 spiro atoms. The van der Waals surface area contributed by atoms with Gasteiger partial charge in [-0.3, -0.25) is 4.21 Å². The van der Waals surface area contributed by atoms with Gasteiger partial charge in [-0.25, -0.2) is 0 Å². The van der Waals surface area contributed by atoms with E-state index in [1.807, 2.05) is 6.92 Å². The highest BCUT2D eigenvalue weighted by molar-refractivity contribution is 7.84. The fraction of sp³-hybridized carbons (Fsp3) is 1.00. The molecule has 0 saturated heterocycles. The maximum atomic E-state index is 10.8. The van der Waals surface area contributed by atoms with Gasteiger partial charge in [0, 0.05) is 42.0 Å². The molecule has 0 aliphatic rings. The Morgan fingerprint density at radius 3 is 2.42 bits per heavy atom. The van der Waals surface area contributed by atoms with Crippen molar-refractivity contribution in [2.24, 2.45) is 0 Å². The fourth-order valence-corrected chi connectivity index (χ4v) is 1.98. The summed E-state index contributed by atoms with van der Waals surface area (Å²) in [6.45, 7) is 4.78. The van der Waals surface area contributed by atoms with Crippen molar-refractivity contribution in [3.8, 4) is 0 Å². The van der Waals surface area contributed by atoms with Crippen LogP contribution in [0, 0.1) is 0 Å². The molecule has 0 aliphatic heterocycles. The van der Waals surface area contributed by atoms with Gasteiger partial charge in [-0.2, -0.15) is 0 Å². The minimum absolute atomic E-state index is 0.293. The van der Waals surface area contributed by atoms with Crippen LogP contribution in [0.15, 0.2) is 0 Å². The highest BCUT2D eigenvalue weighted by atomic mass is 32.2. The summed E-state index contributed by atoms with van der Waals surface area (Å²) in [5.74, 6) is 0.702. The molecule has 3 atom stereocenters. The van der Waals surface area contributed by atoms with Crippen LogP contribution < -0.4 is 5.32 Å². The van der Waals surface area contributed by atoms with Crippen molar-refractivity contribution in [3.05, 3.63) is 0 Å². The molecule has 0 bridgehead atoms. The van der Waals surface area contributed by atoms with Crippen LogP contribution in [0.4, 0.5) is 0 Å². The van der Waals surface area contributed by atoms with E-state index in [0.717, 1.165) is 0 Å². The van der Waals surface area contributed by atoms with E-state index in [1.54, 1.807) is 13.4 Å². The molecule has 3 nitrogen and oxygen atoms in total. The number of methoxy groups -OCH3 is 1. The lowest BCUT2D eigenvalue weighted by Gasteiger charge is -2.18. The number of hydrogen-bond donors (Lipinski definition) is 1. The van der Waals surface area contributed by atoms with Gasteiger partial charge >= 0.3 is 0 Å². The van der Waals surface area contributed by atoms with Gasteiger partial charge in [-0.15, -0.1) is 0 Å². The van der Waals surface area contributed by atoms with Crippen LogP contribution in [-0.2, 0) is 15.5 Å². The summed E-state index contributed by atoms with van der Waals surface area (Å²) in [5.41, 5.74) is 0. The summed E-state index contributed by atoms with van der Waals surface area (Å²) in [6.07, 6.45) is 1.72. The number of ether oxygens (including phenoxy) is 1. The van der Waals surface area contributed by atoms with E-state index >= 15 is 0 Å². The normalized spacial score (nSPS) is 18.7. The summed E-state index contributed by atoms with van der Waals surface area (Å²) in [5, 5.41) is 3.29. The molecule has 0 aromatic heterocycles. The quantitative estimate of drug-likeness (QED) is 0.662. The topological polar surface area (TPSA) is 38.3 Å².